The quantitative estimate of drug-likeness (QED) is 0.452. The maximum Gasteiger partial charge on any atom is 0.291 e. The van der Waals surface area contributed by atoms with Crippen LogP contribution in [0.2, 0.25) is 5.02 Å². The number of aromatic nitrogens is 2. The third-order valence-electron chi connectivity index (χ3n) is 4.60. The fraction of sp³-hybridized carbons (Fsp3) is 0.0870. The largest absolute Gasteiger partial charge is 0.459 e. The van der Waals surface area contributed by atoms with Crippen LogP contribution in [0.1, 0.15) is 32.0 Å². The van der Waals surface area contributed by atoms with Crippen LogP contribution in [0.4, 0.5) is 5.69 Å². The van der Waals surface area contributed by atoms with Gasteiger partial charge in [0.25, 0.3) is 11.8 Å². The van der Waals surface area contributed by atoms with E-state index in [9.17, 15) is 9.59 Å². The van der Waals surface area contributed by atoms with Gasteiger partial charge in [-0.25, -0.2) is 0 Å². The Morgan fingerprint density at radius 2 is 1.81 bits per heavy atom. The molecular formula is C23H19ClN4O3. The van der Waals surface area contributed by atoms with Crippen molar-refractivity contribution in [3.63, 3.8) is 0 Å². The molecule has 0 saturated heterocycles. The Labute approximate surface area is 183 Å². The Kier molecular flexibility index (Phi) is 6.14. The summed E-state index contributed by atoms with van der Waals surface area (Å²) in [6.07, 6.45) is 4.66. The molecule has 2 heterocycles. The minimum atomic E-state index is -0.320. The first kappa shape index (κ1) is 20.4. The highest BCUT2D eigenvalue weighted by Crippen LogP contribution is 2.16. The van der Waals surface area contributed by atoms with E-state index in [0.29, 0.717) is 29.4 Å². The van der Waals surface area contributed by atoms with Gasteiger partial charge in [0.1, 0.15) is 0 Å². The lowest BCUT2D eigenvalue weighted by molar-refractivity contribution is 0.0949. The van der Waals surface area contributed by atoms with Crippen LogP contribution in [-0.2, 0) is 13.1 Å². The van der Waals surface area contributed by atoms with Crippen molar-refractivity contribution < 1.29 is 14.0 Å². The Morgan fingerprint density at radius 1 is 1.00 bits per heavy atom. The lowest BCUT2D eigenvalue weighted by Crippen LogP contribution is -2.22. The Hall–Kier alpha value is -3.84. The average Bonchev–Trinajstić information content (AvgIpc) is 3.47. The van der Waals surface area contributed by atoms with Crippen molar-refractivity contribution >= 4 is 29.1 Å². The number of carbonyl (C=O) groups is 2. The second-order valence-electron chi connectivity index (χ2n) is 6.83. The van der Waals surface area contributed by atoms with E-state index in [1.807, 2.05) is 36.4 Å². The van der Waals surface area contributed by atoms with Crippen molar-refractivity contribution in [1.82, 2.24) is 15.1 Å². The predicted octanol–water partition coefficient (Wildman–Crippen LogP) is 4.36. The second kappa shape index (κ2) is 9.32. The van der Waals surface area contributed by atoms with Crippen molar-refractivity contribution in [2.45, 2.75) is 13.1 Å². The fourth-order valence-electron chi connectivity index (χ4n) is 2.96. The Balaban J connectivity index is 1.30. The summed E-state index contributed by atoms with van der Waals surface area (Å²) in [5.74, 6) is -0.299. The molecule has 0 unspecified atom stereocenters. The smallest absolute Gasteiger partial charge is 0.291 e. The molecular weight excluding hydrogens is 416 g/mol. The number of benzene rings is 2. The molecule has 0 fully saturated rings. The summed E-state index contributed by atoms with van der Waals surface area (Å²) in [7, 11) is 0. The van der Waals surface area contributed by atoms with E-state index in [1.54, 1.807) is 35.1 Å². The molecule has 0 aliphatic carbocycles. The summed E-state index contributed by atoms with van der Waals surface area (Å²) in [5, 5.41) is 10.5. The minimum Gasteiger partial charge on any atom is -0.459 e. The zero-order chi connectivity index (χ0) is 21.6. The molecule has 4 rings (SSSR count). The first-order valence-corrected chi connectivity index (χ1v) is 9.94. The summed E-state index contributed by atoms with van der Waals surface area (Å²) < 4.78 is 6.74. The van der Waals surface area contributed by atoms with Gasteiger partial charge in [-0.05, 0) is 41.5 Å². The van der Waals surface area contributed by atoms with Crippen molar-refractivity contribution in [3.05, 3.63) is 107 Å². The van der Waals surface area contributed by atoms with Gasteiger partial charge < -0.3 is 15.1 Å². The monoisotopic (exact) mass is 434 g/mol. The number of amides is 2. The van der Waals surface area contributed by atoms with Crippen molar-refractivity contribution in [2.24, 2.45) is 0 Å². The number of furan rings is 1. The van der Waals surface area contributed by atoms with Crippen LogP contribution in [0.3, 0.4) is 0 Å². The van der Waals surface area contributed by atoms with Crippen LogP contribution in [-0.4, -0.2) is 21.6 Å². The summed E-state index contributed by atoms with van der Waals surface area (Å²) in [6.45, 7) is 0.832. The maximum absolute atomic E-state index is 12.4. The summed E-state index contributed by atoms with van der Waals surface area (Å²) in [5.41, 5.74) is 2.93. The summed E-state index contributed by atoms with van der Waals surface area (Å²) in [4.78, 5) is 24.4. The molecule has 2 aromatic carbocycles. The van der Waals surface area contributed by atoms with Crippen LogP contribution in [0, 0.1) is 0 Å². The number of anilines is 1. The predicted molar refractivity (Wildman–Crippen MR) is 117 cm³/mol. The highest BCUT2D eigenvalue weighted by molar-refractivity contribution is 6.31. The number of nitrogens with one attached hydrogen (secondary N) is 2. The molecule has 31 heavy (non-hydrogen) atoms. The fourth-order valence-corrected chi connectivity index (χ4v) is 3.15. The number of nitrogens with zero attached hydrogens (tertiary/aromatic N) is 2. The molecule has 4 aromatic rings. The minimum absolute atomic E-state index is 0.222. The lowest BCUT2D eigenvalue weighted by atomic mass is 10.2. The van der Waals surface area contributed by atoms with Gasteiger partial charge in [0.2, 0.25) is 0 Å². The zero-order valence-electron chi connectivity index (χ0n) is 16.4. The summed E-state index contributed by atoms with van der Waals surface area (Å²) >= 11 is 6.18. The van der Waals surface area contributed by atoms with E-state index in [-0.39, 0.29) is 17.6 Å². The molecule has 2 N–H and O–H groups in total. The van der Waals surface area contributed by atoms with E-state index in [1.165, 1.54) is 12.5 Å². The molecule has 0 bridgehead atoms. The van der Waals surface area contributed by atoms with Crippen LogP contribution in [0.5, 0.6) is 0 Å². The second-order valence-corrected chi connectivity index (χ2v) is 7.24. The molecule has 0 saturated carbocycles. The first-order chi connectivity index (χ1) is 15.1. The van der Waals surface area contributed by atoms with E-state index < -0.39 is 0 Å². The van der Waals surface area contributed by atoms with Gasteiger partial charge in [0, 0.05) is 23.5 Å². The molecule has 0 radical (unpaired) electrons. The van der Waals surface area contributed by atoms with E-state index in [2.05, 4.69) is 15.7 Å². The highest BCUT2D eigenvalue weighted by atomic mass is 35.5. The third kappa shape index (κ3) is 5.21. The topological polar surface area (TPSA) is 89.2 Å². The number of hydrogen-bond donors (Lipinski definition) is 2. The SMILES string of the molecule is O=C(NCc1ccc(NC(=O)c2ccco2)cc1)c1cnn(Cc2ccccc2Cl)c1. The first-order valence-electron chi connectivity index (χ1n) is 9.56. The highest BCUT2D eigenvalue weighted by Gasteiger charge is 2.11. The van der Waals surface area contributed by atoms with Crippen molar-refractivity contribution in [1.29, 1.82) is 0 Å². The molecule has 8 heteroatoms. The van der Waals surface area contributed by atoms with Gasteiger partial charge in [-0.15, -0.1) is 0 Å². The van der Waals surface area contributed by atoms with Crippen LogP contribution < -0.4 is 10.6 Å². The molecule has 2 aromatic heterocycles. The number of hydrogen-bond acceptors (Lipinski definition) is 4. The normalized spacial score (nSPS) is 10.6. The van der Waals surface area contributed by atoms with Gasteiger partial charge in [-0.1, -0.05) is 41.9 Å². The Morgan fingerprint density at radius 3 is 2.55 bits per heavy atom. The standard InChI is InChI=1S/C23H19ClN4O3/c24-20-5-2-1-4-17(20)14-28-15-18(13-26-28)22(29)25-12-16-7-9-19(10-8-16)27-23(30)21-6-3-11-31-21/h1-11,13,15H,12,14H2,(H,25,29)(H,27,30). The number of carbonyl (C=O) groups excluding carboxylic acids is 2. The molecule has 7 nitrogen and oxygen atoms in total. The number of rotatable bonds is 7. The number of halogens is 1. The van der Waals surface area contributed by atoms with Crippen LogP contribution in [0.25, 0.3) is 0 Å². The van der Waals surface area contributed by atoms with E-state index >= 15 is 0 Å². The average molecular weight is 435 g/mol. The molecule has 0 atom stereocenters. The van der Waals surface area contributed by atoms with Crippen molar-refractivity contribution in [3.8, 4) is 0 Å². The Bertz CT molecular complexity index is 1180. The van der Waals surface area contributed by atoms with E-state index in [0.717, 1.165) is 11.1 Å². The molecule has 0 aliphatic rings. The van der Waals surface area contributed by atoms with Crippen LogP contribution in [0.15, 0.2) is 83.7 Å². The van der Waals surface area contributed by atoms with Gasteiger partial charge in [0.05, 0.1) is 24.6 Å². The molecule has 2 amide bonds. The van der Waals surface area contributed by atoms with Crippen molar-refractivity contribution in [2.75, 3.05) is 5.32 Å². The molecule has 156 valence electrons. The van der Waals surface area contributed by atoms with Gasteiger partial charge in [-0.2, -0.15) is 5.10 Å². The van der Waals surface area contributed by atoms with Gasteiger partial charge in [-0.3, -0.25) is 14.3 Å². The van der Waals surface area contributed by atoms with Gasteiger partial charge in [0.15, 0.2) is 5.76 Å². The third-order valence-corrected chi connectivity index (χ3v) is 4.96. The molecule has 0 aliphatic heterocycles. The lowest BCUT2D eigenvalue weighted by Gasteiger charge is -2.07. The maximum atomic E-state index is 12.4. The summed E-state index contributed by atoms with van der Waals surface area (Å²) in [6, 6.07) is 18.0. The molecule has 0 spiro atoms. The van der Waals surface area contributed by atoms with Crippen LogP contribution >= 0.6 is 11.6 Å². The zero-order valence-corrected chi connectivity index (χ0v) is 17.2. The van der Waals surface area contributed by atoms with Gasteiger partial charge >= 0.3 is 0 Å². The van der Waals surface area contributed by atoms with E-state index in [4.69, 9.17) is 16.0 Å².